The summed E-state index contributed by atoms with van der Waals surface area (Å²) in [5.41, 5.74) is -0.491. The van der Waals surface area contributed by atoms with Crippen molar-refractivity contribution < 1.29 is 213 Å². The molecule has 31 nitrogen and oxygen atoms in total. The largest absolute Gasteiger partial charge is 0.544 e. The van der Waals surface area contributed by atoms with E-state index < -0.39 is 199 Å². The van der Waals surface area contributed by atoms with Gasteiger partial charge in [0.05, 0.1) is 35.0 Å². The molecule has 8 aromatic rings. The Morgan fingerprint density at radius 2 is 0.497 bits per heavy atom. The molecule has 0 saturated carbocycles. The van der Waals surface area contributed by atoms with Gasteiger partial charge in [-0.05, 0) is 484 Å². The highest BCUT2D eigenvalue weighted by Crippen LogP contribution is 2.40. The number of carbonyl (C=O) groups excluding carboxylic acids is 14. The Labute approximate surface area is 1010 Å². The van der Waals surface area contributed by atoms with Crippen molar-refractivity contribution in [2.75, 3.05) is 19.8 Å². The number of aromatic hydroxyl groups is 3. The quantitative estimate of drug-likeness (QED) is 0.0116. The molecule has 8 rings (SSSR count). The molecule has 145 heavy (non-hydrogen) atoms. The zero-order valence-corrected chi connectivity index (χ0v) is 104. The van der Waals surface area contributed by atoms with Crippen LogP contribution in [0.3, 0.4) is 0 Å². The molecule has 4 unspecified atom stereocenters. The molecular weight excluding hydrogens is 3690 g/mol. The smallest absolute Gasteiger partial charge is 0.342 e. The van der Waals surface area contributed by atoms with Crippen molar-refractivity contribution in [1.82, 2.24) is 0 Å². The minimum absolute atomic E-state index is 0.0415. The lowest BCUT2D eigenvalue weighted by Crippen LogP contribution is -2.53. The van der Waals surface area contributed by atoms with Crippen LogP contribution in [0.25, 0.3) is 0 Å². The fourth-order valence-electron chi connectivity index (χ4n) is 9.67. The molecular formula is C85H56F14I15O31-7. The zero-order chi connectivity index (χ0) is 112. The van der Waals surface area contributed by atoms with Crippen molar-refractivity contribution in [3.63, 3.8) is 0 Å². The molecule has 0 saturated heterocycles. The molecule has 0 aliphatic rings. The summed E-state index contributed by atoms with van der Waals surface area (Å²) >= 11 is 28.8. The summed E-state index contributed by atoms with van der Waals surface area (Å²) in [6.07, 6.45) is -8.80. The van der Waals surface area contributed by atoms with E-state index in [1.54, 1.807) is 93.7 Å². The minimum atomic E-state index is -4.47. The summed E-state index contributed by atoms with van der Waals surface area (Å²) in [5, 5.41) is 101. The molecule has 3 N–H and O–H groups in total. The van der Waals surface area contributed by atoms with Crippen molar-refractivity contribution in [2.45, 2.75) is 107 Å². The lowest BCUT2D eigenvalue weighted by atomic mass is 10.0. The molecule has 60 heteroatoms. The van der Waals surface area contributed by atoms with Crippen molar-refractivity contribution in [3.8, 4) is 17.2 Å². The van der Waals surface area contributed by atoms with E-state index in [0.717, 1.165) is 49.3 Å². The Bertz CT molecular complexity index is 5880. The Kier molecular flexibility index (Phi) is 57.1. The molecule has 0 radical (unpaired) electrons. The van der Waals surface area contributed by atoms with Gasteiger partial charge in [0.25, 0.3) is 0 Å². The third-order valence-electron chi connectivity index (χ3n) is 16.8. The van der Waals surface area contributed by atoms with E-state index in [4.69, 9.17) is 9.47 Å². The maximum Gasteiger partial charge on any atom is 0.342 e. The van der Waals surface area contributed by atoms with Crippen molar-refractivity contribution in [3.05, 3.63) is 232 Å². The molecule has 0 aliphatic carbocycles. The summed E-state index contributed by atoms with van der Waals surface area (Å²) in [6, 6.07) is 31.7. The Morgan fingerprint density at radius 3 is 0.772 bits per heavy atom. The fraction of sp³-hybridized carbons (Fsp3) is 0.271. The van der Waals surface area contributed by atoms with Gasteiger partial charge in [0.2, 0.25) is 0 Å². The number of hydrogen-bond donors (Lipinski definition) is 3. The highest BCUT2D eigenvalue weighted by Gasteiger charge is 2.51. The summed E-state index contributed by atoms with van der Waals surface area (Å²) < 4.78 is 227. The number of alkyl halides is 14. The van der Waals surface area contributed by atoms with Gasteiger partial charge in [0, 0.05) is 46.4 Å². The second kappa shape index (κ2) is 60.5. The third-order valence-corrected chi connectivity index (χ3v) is 32.1. The lowest BCUT2D eigenvalue weighted by molar-refractivity contribution is -0.338. The number of halogens is 29. The highest BCUT2D eigenvalue weighted by atomic mass is 127. The molecule has 0 aliphatic heterocycles. The number of aliphatic carboxylic acids is 7. The van der Waals surface area contributed by atoms with Gasteiger partial charge in [-0.1, -0.05) is 53.7 Å². The number of carboxylic acids is 7. The average Bonchev–Trinajstić information content (AvgIpc) is 0.777. The van der Waals surface area contributed by atoms with Crippen LogP contribution in [0, 0.1) is 71.3 Å². The van der Waals surface area contributed by atoms with Gasteiger partial charge < -0.3 is 118 Å². The number of esters is 7. The van der Waals surface area contributed by atoms with Crippen LogP contribution in [-0.4, -0.2) is 178 Å². The van der Waals surface area contributed by atoms with Gasteiger partial charge in [-0.15, -0.1) is 0 Å². The predicted molar refractivity (Wildman–Crippen MR) is 588 cm³/mol. The Balaban J connectivity index is 0.000000574. The highest BCUT2D eigenvalue weighted by molar-refractivity contribution is 14.1. The lowest BCUT2D eigenvalue weighted by Gasteiger charge is -2.30. The number of phenolic OH excluding ortho intramolecular Hbond substituents is 3. The first-order chi connectivity index (χ1) is 66.3. The van der Waals surface area contributed by atoms with Crippen LogP contribution in [-0.2, 0) is 66.7 Å². The second-order valence-electron chi connectivity index (χ2n) is 28.8. The Morgan fingerprint density at radius 1 is 0.269 bits per heavy atom. The first kappa shape index (κ1) is 137. The van der Waals surface area contributed by atoms with E-state index >= 15 is 0 Å². The number of benzene rings is 8. The van der Waals surface area contributed by atoms with Crippen LogP contribution in [0.4, 0.5) is 61.5 Å². The van der Waals surface area contributed by atoms with Gasteiger partial charge in [-0.2, -0.15) is 61.5 Å². The third kappa shape index (κ3) is 42.5. The van der Waals surface area contributed by atoms with E-state index in [0.29, 0.717) is 28.6 Å². The monoisotopic (exact) mass is 3740 g/mol. The maximum atomic E-state index is 14.1. The van der Waals surface area contributed by atoms with Crippen LogP contribution in [0.15, 0.2) is 133 Å². The molecule has 0 spiro atoms. The molecule has 8 aromatic carbocycles. The molecule has 4 atom stereocenters. The topological polar surface area (TPSA) is 526 Å². The van der Waals surface area contributed by atoms with Crippen LogP contribution in [0.5, 0.6) is 17.2 Å². The van der Waals surface area contributed by atoms with Gasteiger partial charge >= 0.3 is 83.2 Å². The molecule has 0 aromatic heterocycles. The van der Waals surface area contributed by atoms with Gasteiger partial charge in [0.15, 0.2) is 44.2 Å². The number of carbonyl (C=O) groups is 14. The molecule has 0 amide bonds. The first-order valence-corrected chi connectivity index (χ1v) is 54.1. The SMILES string of the molecule is CC(C)C(OC(=O)c1cc(I)cc(I)c1I)C(F)(F)C(=O)[O-].CC(C)C(OC(=O)c1cc(I)cc(I)c1O)C(F)(F)C(=O)[O-].CC(C)C(OC(=O)c1ccc(I)cc1)C(F)(F)C(=O)[O-].O=C(OC(c1ccc(O)cc1)C(F)(F)C(=O)[O-])c1cc(I)cc(I)c1I.O=C(OCC(F)(F)C(=O)[O-])c1cc(I)cc(I)c1I.O=C(OCC(F)(F)C(=O)[O-])c1cc(I)cc(I)c1O.O=C(OCC(F)(F)C(=O)[O-])c1ccc(I)cc1. The summed E-state index contributed by atoms with van der Waals surface area (Å²) in [7, 11) is 0. The van der Waals surface area contributed by atoms with E-state index in [2.05, 4.69) is 23.7 Å². The van der Waals surface area contributed by atoms with Crippen LogP contribution in [0.1, 0.15) is 126 Å². The molecule has 0 heterocycles. The van der Waals surface area contributed by atoms with Crippen LogP contribution in [0.2, 0.25) is 0 Å². The molecule has 792 valence electrons. The van der Waals surface area contributed by atoms with Gasteiger partial charge in [-0.25, -0.2) is 33.6 Å². The van der Waals surface area contributed by atoms with E-state index in [-0.39, 0.29) is 50.3 Å². The van der Waals surface area contributed by atoms with Crippen LogP contribution >= 0.6 is 339 Å². The number of carboxylic acid groups (broad SMARTS) is 7. The maximum absolute atomic E-state index is 14.1. The summed E-state index contributed by atoms with van der Waals surface area (Å²) in [6.45, 7) is 3.18. The van der Waals surface area contributed by atoms with Crippen molar-refractivity contribution >= 4 is 422 Å². The normalized spacial score (nSPS) is 12.2. The minimum Gasteiger partial charge on any atom is -0.544 e. The van der Waals surface area contributed by atoms with Gasteiger partial charge in [0.1, 0.15) is 70.2 Å². The van der Waals surface area contributed by atoms with Crippen molar-refractivity contribution in [2.24, 2.45) is 17.8 Å². The zero-order valence-electron chi connectivity index (χ0n) is 72.1. The van der Waals surface area contributed by atoms with Crippen LogP contribution < -0.4 is 35.7 Å². The predicted octanol–water partition coefficient (Wildman–Crippen LogP) is 14.6. The standard InChI is InChI=1S/C16H9F2I3O5.C13H11F2I3O4.C13H12F2I2O5.C13H13F2IO4.C10H5F2I3O4.C10H6F2I2O5.C10H7F2IO4/c17-16(18,15(24)25)13(7-1-3-9(22)4-2-7)26-14(23)10-5-8(19)6-11(20)12(10)21;2*1-5(2)10(13(14,15)12(20)21)22-11(19)7-3-6(16)4-8(17)9(7)18;1-7(2)10(13(14,15)12(18)19)20-11(17)8-3-5-9(16)6-4-8;2*11-10(12,9(17)18)3-19-8(16)5-1-4(13)2-6(14)7(5)15;11-10(12,9(15)16)5-17-8(14)6-1-3-7(13)4-2-6/h1-6,13,22H,(H,24,25);3-5,10H,1-2H3,(H,20,21);3-5,10,18H,1-2H3,(H,20,21);3-7,10H,1-2H3,(H,18,19);1-2H,3H2,(H,17,18);1-2,15H,3H2,(H,17,18);1-4H,5H2,(H,15,16)/p-7. The number of hydrogen-bond acceptors (Lipinski definition) is 31. The summed E-state index contributed by atoms with van der Waals surface area (Å²) in [4.78, 5) is 155. The van der Waals surface area contributed by atoms with E-state index in [1.807, 2.05) is 300 Å². The number of rotatable bonds is 32. The van der Waals surface area contributed by atoms with Crippen molar-refractivity contribution in [1.29, 1.82) is 0 Å². The number of ether oxygens (including phenoxy) is 7. The van der Waals surface area contributed by atoms with E-state index in [9.17, 15) is 180 Å². The molecule has 0 fully saturated rings. The fourth-order valence-corrected chi connectivity index (χ4v) is 21.2. The average molecular weight is 3740 g/mol. The first-order valence-electron chi connectivity index (χ1n) is 37.9. The van der Waals surface area contributed by atoms with Gasteiger partial charge in [-0.3, -0.25) is 0 Å². The summed E-state index contributed by atoms with van der Waals surface area (Å²) in [5.74, 6) is -59.5. The molecule has 0 bridgehead atoms. The van der Waals surface area contributed by atoms with E-state index in [1.165, 1.54) is 96.1 Å². The Hall–Kier alpha value is -4.29. The second-order valence-corrected chi connectivity index (χ2v) is 46.5. The number of phenols is 3.